The molecule has 1 aliphatic rings. The fraction of sp³-hybridized carbons (Fsp3) is 0.556. The highest BCUT2D eigenvalue weighted by molar-refractivity contribution is 5.81. The number of benzene rings is 1. The van der Waals surface area contributed by atoms with Crippen LogP contribution in [-0.4, -0.2) is 25.0 Å². The van der Waals surface area contributed by atoms with E-state index in [-0.39, 0.29) is 6.04 Å². The lowest BCUT2D eigenvalue weighted by atomic mass is 9.88. The Morgan fingerprint density at radius 1 is 1.24 bits per heavy atom. The van der Waals surface area contributed by atoms with Crippen LogP contribution < -0.4 is 5.73 Å². The highest BCUT2D eigenvalue weighted by Crippen LogP contribution is 2.31. The molecule has 0 amide bonds. The maximum Gasteiger partial charge on any atom is 0.134 e. The van der Waals surface area contributed by atoms with E-state index in [9.17, 15) is 0 Å². The van der Waals surface area contributed by atoms with Crippen molar-refractivity contribution < 1.29 is 4.42 Å². The smallest absolute Gasteiger partial charge is 0.134 e. The van der Waals surface area contributed by atoms with Gasteiger partial charge in [0.1, 0.15) is 5.58 Å². The van der Waals surface area contributed by atoms with Crippen molar-refractivity contribution in [2.75, 3.05) is 20.1 Å². The number of likely N-dealkylation sites (N-methyl/N-ethyl adjacent to an activating group) is 1. The predicted octanol–water partition coefficient (Wildman–Crippen LogP) is 3.94. The molecule has 1 aromatic carbocycles. The Morgan fingerprint density at radius 2 is 2.00 bits per heavy atom. The first-order valence-electron chi connectivity index (χ1n) is 8.16. The van der Waals surface area contributed by atoms with Gasteiger partial charge in [0.05, 0.1) is 12.3 Å². The quantitative estimate of drug-likeness (QED) is 0.905. The first kappa shape index (κ1) is 14.6. The minimum Gasteiger partial charge on any atom is -0.464 e. The van der Waals surface area contributed by atoms with Gasteiger partial charge < -0.3 is 10.2 Å². The van der Waals surface area contributed by atoms with Gasteiger partial charge in [-0.25, -0.2) is 0 Å². The molecular weight excluding hydrogens is 260 g/mol. The van der Waals surface area contributed by atoms with E-state index < -0.39 is 0 Å². The Morgan fingerprint density at radius 3 is 2.76 bits per heavy atom. The third kappa shape index (κ3) is 3.14. The molecule has 21 heavy (non-hydrogen) atoms. The first-order valence-corrected chi connectivity index (χ1v) is 8.16. The van der Waals surface area contributed by atoms with Crippen molar-refractivity contribution >= 4 is 11.0 Å². The van der Waals surface area contributed by atoms with Crippen molar-refractivity contribution in [1.82, 2.24) is 4.90 Å². The summed E-state index contributed by atoms with van der Waals surface area (Å²) in [7, 11) is 2.20. The summed E-state index contributed by atoms with van der Waals surface area (Å²) in [5.41, 5.74) is 8.26. The first-order chi connectivity index (χ1) is 10.3. The molecule has 0 radical (unpaired) electrons. The molecule has 3 heteroatoms. The Labute approximate surface area is 127 Å². The molecule has 1 fully saturated rings. The zero-order valence-corrected chi connectivity index (χ0v) is 12.9. The second-order valence-corrected chi connectivity index (χ2v) is 6.38. The van der Waals surface area contributed by atoms with Gasteiger partial charge in [-0.05, 0) is 31.9 Å². The van der Waals surface area contributed by atoms with Crippen LogP contribution in [0.25, 0.3) is 11.0 Å². The average Bonchev–Trinajstić information content (AvgIpc) is 2.93. The van der Waals surface area contributed by atoms with Crippen molar-refractivity contribution in [3.8, 4) is 0 Å². The molecule has 0 spiro atoms. The Hall–Kier alpha value is -1.32. The second-order valence-electron chi connectivity index (χ2n) is 6.38. The minimum atomic E-state index is 0.246. The second kappa shape index (κ2) is 6.63. The van der Waals surface area contributed by atoms with Gasteiger partial charge in [-0.3, -0.25) is 4.90 Å². The molecule has 1 heterocycles. The number of hydrogen-bond acceptors (Lipinski definition) is 3. The minimum absolute atomic E-state index is 0.246. The number of nitrogens with zero attached hydrogens (tertiary/aromatic N) is 1. The standard InChI is InChI=1S/C18H26N2O/c1-20(12-14-7-3-2-4-8-14)17(11-19)16-13-21-18-10-6-5-9-15(16)18/h5-6,9-10,13-14,17H,2-4,7-8,11-12,19H2,1H3. The zero-order valence-electron chi connectivity index (χ0n) is 12.9. The van der Waals surface area contributed by atoms with E-state index in [0.717, 1.165) is 18.0 Å². The summed E-state index contributed by atoms with van der Waals surface area (Å²) < 4.78 is 5.69. The van der Waals surface area contributed by atoms with Crippen LogP contribution in [0.5, 0.6) is 0 Å². The fourth-order valence-corrected chi connectivity index (χ4v) is 3.70. The van der Waals surface area contributed by atoms with Crippen LogP contribution in [0.2, 0.25) is 0 Å². The summed E-state index contributed by atoms with van der Waals surface area (Å²) in [6, 6.07) is 8.48. The molecule has 1 aromatic heterocycles. The van der Waals surface area contributed by atoms with Crippen molar-refractivity contribution in [2.45, 2.75) is 38.1 Å². The van der Waals surface area contributed by atoms with Gasteiger partial charge in [-0.2, -0.15) is 0 Å². The zero-order chi connectivity index (χ0) is 14.7. The molecule has 1 saturated carbocycles. The van der Waals surface area contributed by atoms with Crippen LogP contribution in [0.15, 0.2) is 34.9 Å². The monoisotopic (exact) mass is 286 g/mol. The lowest BCUT2D eigenvalue weighted by molar-refractivity contribution is 0.186. The van der Waals surface area contributed by atoms with Gasteiger partial charge in [0, 0.05) is 24.0 Å². The molecular formula is C18H26N2O. The molecule has 2 aromatic rings. The van der Waals surface area contributed by atoms with E-state index in [1.807, 2.05) is 18.4 Å². The lowest BCUT2D eigenvalue weighted by Gasteiger charge is -2.32. The van der Waals surface area contributed by atoms with E-state index >= 15 is 0 Å². The molecule has 0 bridgehead atoms. The third-order valence-electron chi connectivity index (χ3n) is 4.90. The van der Waals surface area contributed by atoms with Crippen molar-refractivity contribution in [3.05, 3.63) is 36.1 Å². The molecule has 0 saturated heterocycles. The molecule has 114 valence electrons. The fourth-order valence-electron chi connectivity index (χ4n) is 3.70. The van der Waals surface area contributed by atoms with Crippen molar-refractivity contribution in [3.63, 3.8) is 0 Å². The average molecular weight is 286 g/mol. The number of nitrogens with two attached hydrogens (primary N) is 1. The number of para-hydroxylation sites is 1. The molecule has 1 unspecified atom stereocenters. The Bertz CT molecular complexity index is 571. The summed E-state index contributed by atoms with van der Waals surface area (Å²) >= 11 is 0. The molecule has 3 nitrogen and oxygen atoms in total. The summed E-state index contributed by atoms with van der Waals surface area (Å²) in [6.07, 6.45) is 8.81. The van der Waals surface area contributed by atoms with E-state index in [0.29, 0.717) is 6.54 Å². The van der Waals surface area contributed by atoms with Crippen LogP contribution in [0.3, 0.4) is 0 Å². The van der Waals surface area contributed by atoms with Crippen LogP contribution in [0, 0.1) is 5.92 Å². The number of furan rings is 1. The van der Waals surface area contributed by atoms with E-state index in [4.69, 9.17) is 10.2 Å². The summed E-state index contributed by atoms with van der Waals surface area (Å²) in [4.78, 5) is 2.42. The van der Waals surface area contributed by atoms with Gasteiger partial charge in [0.2, 0.25) is 0 Å². The normalized spacial score (nSPS) is 18.4. The predicted molar refractivity (Wildman–Crippen MR) is 87.2 cm³/mol. The molecule has 0 aliphatic heterocycles. The molecule has 1 atom stereocenters. The van der Waals surface area contributed by atoms with Crippen molar-refractivity contribution in [1.29, 1.82) is 0 Å². The van der Waals surface area contributed by atoms with Crippen molar-refractivity contribution in [2.24, 2.45) is 11.7 Å². The van der Waals surface area contributed by atoms with Gasteiger partial charge in [0.15, 0.2) is 0 Å². The summed E-state index contributed by atoms with van der Waals surface area (Å²) in [5.74, 6) is 0.830. The SMILES string of the molecule is CN(CC1CCCCC1)C(CN)c1coc2ccccc12. The van der Waals surface area contributed by atoms with Crippen LogP contribution in [-0.2, 0) is 0 Å². The van der Waals surface area contributed by atoms with Crippen LogP contribution >= 0.6 is 0 Å². The lowest BCUT2D eigenvalue weighted by Crippen LogP contribution is -2.34. The molecule has 2 N–H and O–H groups in total. The number of rotatable bonds is 5. The Kier molecular flexibility index (Phi) is 4.61. The topological polar surface area (TPSA) is 42.4 Å². The van der Waals surface area contributed by atoms with Crippen LogP contribution in [0.4, 0.5) is 0 Å². The van der Waals surface area contributed by atoms with E-state index in [1.54, 1.807) is 0 Å². The Balaban J connectivity index is 1.77. The molecule has 3 rings (SSSR count). The van der Waals surface area contributed by atoms with Gasteiger partial charge >= 0.3 is 0 Å². The van der Waals surface area contributed by atoms with Gasteiger partial charge in [0.25, 0.3) is 0 Å². The van der Waals surface area contributed by atoms with Gasteiger partial charge in [-0.15, -0.1) is 0 Å². The van der Waals surface area contributed by atoms with Gasteiger partial charge in [-0.1, -0.05) is 37.5 Å². The maximum absolute atomic E-state index is 6.08. The van der Waals surface area contributed by atoms with Crippen LogP contribution in [0.1, 0.15) is 43.7 Å². The number of hydrogen-bond donors (Lipinski definition) is 1. The molecule has 1 aliphatic carbocycles. The maximum atomic E-state index is 6.08. The largest absolute Gasteiger partial charge is 0.464 e. The highest BCUT2D eigenvalue weighted by atomic mass is 16.3. The highest BCUT2D eigenvalue weighted by Gasteiger charge is 2.23. The summed E-state index contributed by atoms with van der Waals surface area (Å²) in [6.45, 7) is 1.77. The summed E-state index contributed by atoms with van der Waals surface area (Å²) in [5, 5.41) is 1.20. The van der Waals surface area contributed by atoms with E-state index in [1.165, 1.54) is 43.1 Å². The number of fused-ring (bicyclic) bond motifs is 1. The third-order valence-corrected chi connectivity index (χ3v) is 4.90. The van der Waals surface area contributed by atoms with E-state index in [2.05, 4.69) is 24.1 Å².